The fourth-order valence-electron chi connectivity index (χ4n) is 1.36. The molecule has 1 heterocycles. The Morgan fingerprint density at radius 2 is 2.12 bits per heavy atom. The molecular formula is C12H15N3OS. The van der Waals surface area contributed by atoms with E-state index in [1.165, 1.54) is 16.9 Å². The van der Waals surface area contributed by atoms with Crippen LogP contribution in [0.3, 0.4) is 0 Å². The summed E-state index contributed by atoms with van der Waals surface area (Å²) in [6.45, 7) is 2.02. The van der Waals surface area contributed by atoms with Crippen molar-refractivity contribution in [3.63, 3.8) is 0 Å². The van der Waals surface area contributed by atoms with Crippen LogP contribution in [0.4, 0.5) is 10.1 Å². The van der Waals surface area contributed by atoms with Crippen molar-refractivity contribution in [1.82, 2.24) is 4.98 Å². The molecule has 2 rings (SSSR count). The van der Waals surface area contributed by atoms with Crippen LogP contribution < -0.4 is 11.1 Å². The lowest BCUT2D eigenvalue weighted by Crippen LogP contribution is -2.08. The lowest BCUT2D eigenvalue weighted by molar-refractivity contribution is 0.130. The summed E-state index contributed by atoms with van der Waals surface area (Å²) in [5.41, 5.74) is 6.76. The van der Waals surface area contributed by atoms with E-state index in [0.29, 0.717) is 13.2 Å². The third kappa shape index (κ3) is 4.05. The van der Waals surface area contributed by atoms with Crippen molar-refractivity contribution in [3.05, 3.63) is 42.1 Å². The third-order valence-electron chi connectivity index (χ3n) is 2.16. The van der Waals surface area contributed by atoms with Crippen molar-refractivity contribution in [2.75, 3.05) is 24.2 Å². The van der Waals surface area contributed by atoms with E-state index in [2.05, 4.69) is 22.4 Å². The van der Waals surface area contributed by atoms with Crippen molar-refractivity contribution in [1.29, 1.82) is 0 Å². The maximum atomic E-state index is 5.57. The summed E-state index contributed by atoms with van der Waals surface area (Å²) in [6, 6.07) is 10.1. The molecule has 0 aliphatic carbocycles. The van der Waals surface area contributed by atoms with Gasteiger partial charge in [0, 0.05) is 6.54 Å². The topological polar surface area (TPSA) is 60.2 Å². The SMILES string of the molecule is Nc1cnc(NCCOCc2ccccc2)s1. The van der Waals surface area contributed by atoms with Crippen LogP contribution >= 0.6 is 11.3 Å². The minimum Gasteiger partial charge on any atom is -0.389 e. The van der Waals surface area contributed by atoms with E-state index < -0.39 is 0 Å². The summed E-state index contributed by atoms with van der Waals surface area (Å²) in [6.07, 6.45) is 1.65. The number of nitrogens with zero attached hydrogens (tertiary/aromatic N) is 1. The molecule has 0 fully saturated rings. The second kappa shape index (κ2) is 6.22. The quantitative estimate of drug-likeness (QED) is 0.771. The van der Waals surface area contributed by atoms with Crippen LogP contribution in [0.25, 0.3) is 0 Å². The number of aromatic nitrogens is 1. The number of benzene rings is 1. The summed E-state index contributed by atoms with van der Waals surface area (Å²) < 4.78 is 5.53. The van der Waals surface area contributed by atoms with Gasteiger partial charge in [-0.15, -0.1) is 0 Å². The molecule has 0 spiro atoms. The van der Waals surface area contributed by atoms with Crippen molar-refractivity contribution in [2.24, 2.45) is 0 Å². The van der Waals surface area contributed by atoms with Crippen LogP contribution in [0.15, 0.2) is 36.5 Å². The Balaban J connectivity index is 1.61. The number of thiazole rings is 1. The fraction of sp³-hybridized carbons (Fsp3) is 0.250. The first-order valence-electron chi connectivity index (χ1n) is 5.41. The largest absolute Gasteiger partial charge is 0.389 e. The van der Waals surface area contributed by atoms with E-state index in [1.54, 1.807) is 6.20 Å². The Hall–Kier alpha value is -1.59. The summed E-state index contributed by atoms with van der Waals surface area (Å²) >= 11 is 1.44. The molecular weight excluding hydrogens is 234 g/mol. The van der Waals surface area contributed by atoms with Crippen LogP contribution in [0.1, 0.15) is 5.56 Å². The van der Waals surface area contributed by atoms with E-state index in [4.69, 9.17) is 10.5 Å². The Morgan fingerprint density at radius 3 is 2.82 bits per heavy atom. The number of nitrogens with one attached hydrogen (secondary N) is 1. The van der Waals surface area contributed by atoms with Crippen molar-refractivity contribution in [2.45, 2.75) is 6.61 Å². The summed E-state index contributed by atoms with van der Waals surface area (Å²) in [5, 5.41) is 4.71. The van der Waals surface area contributed by atoms with Gasteiger partial charge in [0.1, 0.15) is 5.00 Å². The monoisotopic (exact) mass is 249 g/mol. The molecule has 0 radical (unpaired) electrons. The van der Waals surface area contributed by atoms with Gasteiger partial charge in [-0.1, -0.05) is 41.7 Å². The van der Waals surface area contributed by atoms with E-state index in [9.17, 15) is 0 Å². The molecule has 5 heteroatoms. The number of nitrogens with two attached hydrogens (primary N) is 1. The molecule has 0 saturated carbocycles. The first-order chi connectivity index (χ1) is 8.34. The summed E-state index contributed by atoms with van der Waals surface area (Å²) in [4.78, 5) is 4.10. The number of hydrogen-bond donors (Lipinski definition) is 2. The first-order valence-corrected chi connectivity index (χ1v) is 6.23. The molecule has 2 aromatic rings. The molecule has 0 saturated heterocycles. The molecule has 0 unspecified atom stereocenters. The Labute approximate surface area is 104 Å². The second-order valence-electron chi connectivity index (χ2n) is 3.53. The highest BCUT2D eigenvalue weighted by atomic mass is 32.1. The molecule has 1 aromatic carbocycles. The summed E-state index contributed by atoms with van der Waals surface area (Å²) in [5.74, 6) is 0. The molecule has 0 amide bonds. The van der Waals surface area contributed by atoms with Crippen LogP contribution in [0.5, 0.6) is 0 Å². The van der Waals surface area contributed by atoms with Crippen molar-refractivity contribution < 1.29 is 4.74 Å². The maximum Gasteiger partial charge on any atom is 0.184 e. The van der Waals surface area contributed by atoms with Gasteiger partial charge in [0.25, 0.3) is 0 Å². The minimum absolute atomic E-state index is 0.641. The van der Waals surface area contributed by atoms with Gasteiger partial charge in [0.05, 0.1) is 19.4 Å². The molecule has 0 aliphatic rings. The Bertz CT molecular complexity index is 444. The smallest absolute Gasteiger partial charge is 0.184 e. The molecule has 0 atom stereocenters. The third-order valence-corrected chi connectivity index (χ3v) is 2.94. The Morgan fingerprint density at radius 1 is 1.29 bits per heavy atom. The van der Waals surface area contributed by atoms with E-state index in [-0.39, 0.29) is 0 Å². The van der Waals surface area contributed by atoms with Gasteiger partial charge in [0.15, 0.2) is 5.13 Å². The highest BCUT2D eigenvalue weighted by Gasteiger charge is 1.97. The van der Waals surface area contributed by atoms with E-state index >= 15 is 0 Å². The highest BCUT2D eigenvalue weighted by molar-refractivity contribution is 7.19. The fourth-order valence-corrected chi connectivity index (χ4v) is 1.97. The number of ether oxygens (including phenoxy) is 1. The lowest BCUT2D eigenvalue weighted by atomic mass is 10.2. The minimum atomic E-state index is 0.641. The molecule has 4 nitrogen and oxygen atoms in total. The summed E-state index contributed by atoms with van der Waals surface area (Å²) in [7, 11) is 0. The van der Waals surface area contributed by atoms with Crippen LogP contribution in [-0.4, -0.2) is 18.1 Å². The second-order valence-corrected chi connectivity index (χ2v) is 4.59. The Kier molecular flexibility index (Phi) is 4.35. The van der Waals surface area contributed by atoms with Gasteiger partial charge < -0.3 is 15.8 Å². The van der Waals surface area contributed by atoms with Gasteiger partial charge >= 0.3 is 0 Å². The molecule has 0 aliphatic heterocycles. The van der Waals surface area contributed by atoms with Gasteiger partial charge in [-0.25, -0.2) is 4.98 Å². The molecule has 1 aromatic heterocycles. The zero-order valence-electron chi connectivity index (χ0n) is 9.43. The number of anilines is 2. The van der Waals surface area contributed by atoms with Crippen LogP contribution in [0.2, 0.25) is 0 Å². The predicted molar refractivity (Wildman–Crippen MR) is 71.1 cm³/mol. The molecule has 3 N–H and O–H groups in total. The average Bonchev–Trinajstić information content (AvgIpc) is 2.76. The number of rotatable bonds is 6. The van der Waals surface area contributed by atoms with Gasteiger partial charge in [-0.2, -0.15) is 0 Å². The lowest BCUT2D eigenvalue weighted by Gasteiger charge is -2.04. The zero-order valence-corrected chi connectivity index (χ0v) is 10.2. The molecule has 0 bridgehead atoms. The van der Waals surface area contributed by atoms with Gasteiger partial charge in [-0.05, 0) is 5.56 Å². The van der Waals surface area contributed by atoms with Crippen LogP contribution in [-0.2, 0) is 11.3 Å². The predicted octanol–water partition coefficient (Wildman–Crippen LogP) is 2.35. The van der Waals surface area contributed by atoms with E-state index in [1.807, 2.05) is 18.2 Å². The van der Waals surface area contributed by atoms with Crippen molar-refractivity contribution >= 4 is 21.5 Å². The first kappa shape index (κ1) is 11.9. The average molecular weight is 249 g/mol. The van der Waals surface area contributed by atoms with Gasteiger partial charge in [-0.3, -0.25) is 0 Å². The maximum absolute atomic E-state index is 5.57. The standard InChI is InChI=1S/C12H15N3OS/c13-11-8-15-12(17-11)14-6-7-16-9-10-4-2-1-3-5-10/h1-5,8H,6-7,9,13H2,(H,14,15). The molecule has 17 heavy (non-hydrogen) atoms. The number of hydrogen-bond acceptors (Lipinski definition) is 5. The number of nitrogen functional groups attached to an aromatic ring is 1. The normalized spacial score (nSPS) is 10.4. The highest BCUT2D eigenvalue weighted by Crippen LogP contribution is 2.18. The molecule has 90 valence electrons. The van der Waals surface area contributed by atoms with Gasteiger partial charge in [0.2, 0.25) is 0 Å². The van der Waals surface area contributed by atoms with Crippen molar-refractivity contribution in [3.8, 4) is 0 Å². The van der Waals surface area contributed by atoms with E-state index in [0.717, 1.165) is 16.7 Å². The van der Waals surface area contributed by atoms with Crippen LogP contribution in [0, 0.1) is 0 Å². The zero-order chi connectivity index (χ0) is 11.9.